The Labute approximate surface area is 146 Å². The highest BCUT2D eigenvalue weighted by atomic mass is 32.1. The van der Waals surface area contributed by atoms with Gasteiger partial charge >= 0.3 is 0 Å². The maximum atomic E-state index is 9.51. The quantitative estimate of drug-likeness (QED) is 0.717. The van der Waals surface area contributed by atoms with Gasteiger partial charge in [0.1, 0.15) is 18.2 Å². The monoisotopic (exact) mass is 334 g/mol. The Hall–Kier alpha value is -2.61. The molecule has 24 heavy (non-hydrogen) atoms. The van der Waals surface area contributed by atoms with Gasteiger partial charge in [-0.05, 0) is 23.7 Å². The Morgan fingerprint density at radius 3 is 2.42 bits per heavy atom. The van der Waals surface area contributed by atoms with Crippen LogP contribution in [0.25, 0.3) is 11.1 Å². The van der Waals surface area contributed by atoms with Crippen LogP contribution >= 0.6 is 11.3 Å². The van der Waals surface area contributed by atoms with Crippen molar-refractivity contribution in [2.75, 3.05) is 7.05 Å². The van der Waals surface area contributed by atoms with Crippen LogP contribution in [0.15, 0.2) is 60.0 Å². The molecule has 0 aliphatic heterocycles. The van der Waals surface area contributed by atoms with Crippen LogP contribution in [0.5, 0.6) is 5.06 Å². The molecule has 0 radical (unpaired) electrons. The standard InChI is InChI=1S/C20H18N2OS/c1-22-12-15-7-9-16(10-8-15)13-23-20-18(11-21)19(14-24-20)17-5-3-2-4-6-17/h2-10,14,22H,12-13H2,1H3. The van der Waals surface area contributed by atoms with E-state index in [0.717, 1.165) is 23.2 Å². The molecule has 4 heteroatoms. The summed E-state index contributed by atoms with van der Waals surface area (Å²) in [6.07, 6.45) is 0. The summed E-state index contributed by atoms with van der Waals surface area (Å²) in [4.78, 5) is 0. The summed E-state index contributed by atoms with van der Waals surface area (Å²) >= 11 is 1.47. The Morgan fingerprint density at radius 1 is 1.04 bits per heavy atom. The van der Waals surface area contributed by atoms with Gasteiger partial charge in [-0.1, -0.05) is 54.6 Å². The molecule has 1 aromatic heterocycles. The van der Waals surface area contributed by atoms with Crippen molar-refractivity contribution in [3.63, 3.8) is 0 Å². The lowest BCUT2D eigenvalue weighted by atomic mass is 10.1. The van der Waals surface area contributed by atoms with E-state index < -0.39 is 0 Å². The minimum absolute atomic E-state index is 0.462. The average molecular weight is 334 g/mol. The van der Waals surface area contributed by atoms with E-state index in [1.165, 1.54) is 16.9 Å². The second-order valence-corrected chi connectivity index (χ2v) is 6.27. The molecular weight excluding hydrogens is 316 g/mol. The van der Waals surface area contributed by atoms with Crippen LogP contribution in [-0.2, 0) is 13.2 Å². The highest BCUT2D eigenvalue weighted by Crippen LogP contribution is 2.37. The van der Waals surface area contributed by atoms with E-state index >= 15 is 0 Å². The Balaban J connectivity index is 1.74. The van der Waals surface area contributed by atoms with Crippen LogP contribution in [-0.4, -0.2) is 7.05 Å². The number of hydrogen-bond donors (Lipinski definition) is 1. The first-order valence-corrected chi connectivity index (χ1v) is 8.62. The Bertz CT molecular complexity index is 832. The molecule has 0 unspecified atom stereocenters. The van der Waals surface area contributed by atoms with E-state index in [9.17, 15) is 5.26 Å². The highest BCUT2D eigenvalue weighted by molar-refractivity contribution is 7.12. The fraction of sp³-hybridized carbons (Fsp3) is 0.150. The lowest BCUT2D eigenvalue weighted by Gasteiger charge is -2.06. The first kappa shape index (κ1) is 16.3. The summed E-state index contributed by atoms with van der Waals surface area (Å²) in [5.41, 5.74) is 4.91. The SMILES string of the molecule is CNCc1ccc(COc2scc(-c3ccccc3)c2C#N)cc1. The highest BCUT2D eigenvalue weighted by Gasteiger charge is 2.14. The number of hydrogen-bond acceptors (Lipinski definition) is 4. The zero-order chi connectivity index (χ0) is 16.8. The molecule has 0 atom stereocenters. The van der Waals surface area contributed by atoms with Crippen LogP contribution in [0.1, 0.15) is 16.7 Å². The molecular formula is C20H18N2OS. The number of nitrogens with one attached hydrogen (secondary N) is 1. The molecule has 3 aromatic rings. The topological polar surface area (TPSA) is 45.0 Å². The van der Waals surface area contributed by atoms with Crippen molar-refractivity contribution in [3.8, 4) is 22.3 Å². The Morgan fingerprint density at radius 2 is 1.75 bits per heavy atom. The Kier molecular flexibility index (Phi) is 5.27. The van der Waals surface area contributed by atoms with E-state index in [4.69, 9.17) is 4.74 Å². The first-order chi connectivity index (χ1) is 11.8. The second-order valence-electron chi connectivity index (χ2n) is 5.43. The van der Waals surface area contributed by atoms with Gasteiger partial charge < -0.3 is 10.1 Å². The molecule has 3 nitrogen and oxygen atoms in total. The molecule has 120 valence electrons. The summed E-state index contributed by atoms with van der Waals surface area (Å²) in [6, 6.07) is 20.5. The molecule has 0 spiro atoms. The van der Waals surface area contributed by atoms with Crippen molar-refractivity contribution >= 4 is 11.3 Å². The number of nitrogens with zero attached hydrogens (tertiary/aromatic N) is 1. The number of nitriles is 1. The molecule has 1 heterocycles. The van der Waals surface area contributed by atoms with Crippen LogP contribution < -0.4 is 10.1 Å². The molecule has 0 bridgehead atoms. The minimum Gasteiger partial charge on any atom is -0.478 e. The normalized spacial score (nSPS) is 10.3. The van der Waals surface area contributed by atoms with Gasteiger partial charge in [0.05, 0.1) is 0 Å². The molecule has 3 rings (SSSR count). The summed E-state index contributed by atoms with van der Waals surface area (Å²) < 4.78 is 5.90. The van der Waals surface area contributed by atoms with Crippen molar-refractivity contribution in [2.24, 2.45) is 0 Å². The third-order valence-electron chi connectivity index (χ3n) is 3.73. The van der Waals surface area contributed by atoms with Gasteiger partial charge in [0.15, 0.2) is 5.06 Å². The van der Waals surface area contributed by atoms with Crippen LogP contribution in [0.4, 0.5) is 0 Å². The lowest BCUT2D eigenvalue weighted by molar-refractivity contribution is 0.315. The molecule has 0 amide bonds. The predicted molar refractivity (Wildman–Crippen MR) is 98.0 cm³/mol. The van der Waals surface area contributed by atoms with Crippen molar-refractivity contribution in [1.29, 1.82) is 5.26 Å². The molecule has 0 aliphatic rings. The second kappa shape index (κ2) is 7.78. The van der Waals surface area contributed by atoms with Crippen LogP contribution in [0.3, 0.4) is 0 Å². The van der Waals surface area contributed by atoms with Crippen LogP contribution in [0, 0.1) is 11.3 Å². The van der Waals surface area contributed by atoms with Crippen molar-refractivity contribution in [2.45, 2.75) is 13.2 Å². The smallest absolute Gasteiger partial charge is 0.192 e. The molecule has 2 aromatic carbocycles. The van der Waals surface area contributed by atoms with Crippen LogP contribution in [0.2, 0.25) is 0 Å². The van der Waals surface area contributed by atoms with E-state index in [1.807, 2.05) is 42.8 Å². The van der Waals surface area contributed by atoms with Gasteiger partial charge in [-0.2, -0.15) is 5.26 Å². The number of thiophene rings is 1. The average Bonchev–Trinajstić information content (AvgIpc) is 3.05. The fourth-order valence-corrected chi connectivity index (χ4v) is 3.37. The van der Waals surface area contributed by atoms with Crippen molar-refractivity contribution in [1.82, 2.24) is 5.32 Å². The molecule has 0 saturated heterocycles. The molecule has 0 aliphatic carbocycles. The maximum absolute atomic E-state index is 9.51. The lowest BCUT2D eigenvalue weighted by Crippen LogP contribution is -2.05. The van der Waals surface area contributed by atoms with E-state index in [0.29, 0.717) is 17.2 Å². The number of benzene rings is 2. The molecule has 0 fully saturated rings. The predicted octanol–water partition coefficient (Wildman–Crippen LogP) is 4.59. The zero-order valence-corrected chi connectivity index (χ0v) is 14.3. The van der Waals surface area contributed by atoms with Gasteiger partial charge in [-0.15, -0.1) is 11.3 Å². The van der Waals surface area contributed by atoms with E-state index in [2.05, 4.69) is 35.7 Å². The van der Waals surface area contributed by atoms with E-state index in [1.54, 1.807) is 0 Å². The summed E-state index contributed by atoms with van der Waals surface area (Å²) in [7, 11) is 1.93. The molecule has 1 N–H and O–H groups in total. The molecule has 0 saturated carbocycles. The van der Waals surface area contributed by atoms with Gasteiger partial charge in [-0.3, -0.25) is 0 Å². The minimum atomic E-state index is 0.462. The third kappa shape index (κ3) is 3.65. The van der Waals surface area contributed by atoms with Gasteiger partial charge in [0.25, 0.3) is 0 Å². The maximum Gasteiger partial charge on any atom is 0.192 e. The van der Waals surface area contributed by atoms with Gasteiger partial charge in [0.2, 0.25) is 0 Å². The summed E-state index contributed by atoms with van der Waals surface area (Å²) in [6.45, 7) is 1.31. The summed E-state index contributed by atoms with van der Waals surface area (Å²) in [5.74, 6) is 0. The number of ether oxygens (including phenoxy) is 1. The van der Waals surface area contributed by atoms with Gasteiger partial charge in [0, 0.05) is 17.5 Å². The third-order valence-corrected chi connectivity index (χ3v) is 4.62. The first-order valence-electron chi connectivity index (χ1n) is 7.74. The number of rotatable bonds is 6. The van der Waals surface area contributed by atoms with Gasteiger partial charge in [-0.25, -0.2) is 0 Å². The summed E-state index contributed by atoms with van der Waals surface area (Å²) in [5, 5.41) is 15.3. The van der Waals surface area contributed by atoms with Crippen molar-refractivity contribution < 1.29 is 4.74 Å². The zero-order valence-electron chi connectivity index (χ0n) is 13.5. The largest absolute Gasteiger partial charge is 0.478 e. The van der Waals surface area contributed by atoms with E-state index in [-0.39, 0.29) is 0 Å². The fourth-order valence-electron chi connectivity index (χ4n) is 2.49. The van der Waals surface area contributed by atoms with Crippen molar-refractivity contribution in [3.05, 3.63) is 76.7 Å².